The summed E-state index contributed by atoms with van der Waals surface area (Å²) in [5.74, 6) is 1.43. The number of anilines is 2. The molecule has 1 atom stereocenters. The number of aliphatic hydroxyl groups excluding tert-OH is 1. The molecular formula is C13H21N5O2. The third-order valence-corrected chi connectivity index (χ3v) is 3.57. The molecule has 0 radical (unpaired) electrons. The highest BCUT2D eigenvalue weighted by atomic mass is 16.3. The summed E-state index contributed by atoms with van der Waals surface area (Å²) >= 11 is 0. The zero-order chi connectivity index (χ0) is 14.5. The van der Waals surface area contributed by atoms with E-state index < -0.39 is 0 Å². The number of hydrogen-bond acceptors (Lipinski definition) is 6. The van der Waals surface area contributed by atoms with Crippen molar-refractivity contribution < 1.29 is 9.90 Å². The van der Waals surface area contributed by atoms with E-state index in [0.717, 1.165) is 25.2 Å². The summed E-state index contributed by atoms with van der Waals surface area (Å²) in [7, 11) is 3.42. The molecule has 1 fully saturated rings. The van der Waals surface area contributed by atoms with Gasteiger partial charge in [-0.15, -0.1) is 0 Å². The Morgan fingerprint density at radius 3 is 3.10 bits per heavy atom. The number of rotatable bonds is 5. The monoisotopic (exact) mass is 279 g/mol. The van der Waals surface area contributed by atoms with Crippen LogP contribution < -0.4 is 15.1 Å². The smallest absolute Gasteiger partial charge is 0.239 e. The van der Waals surface area contributed by atoms with Crippen LogP contribution in [-0.4, -0.2) is 60.8 Å². The SMILES string of the molecule is CNC(=O)CN(C)c1cc(N2CCCC2CO)ncn1. The largest absolute Gasteiger partial charge is 0.394 e. The third-order valence-electron chi connectivity index (χ3n) is 3.57. The molecule has 0 aromatic carbocycles. The number of likely N-dealkylation sites (N-methyl/N-ethyl adjacent to an activating group) is 2. The van der Waals surface area contributed by atoms with Crippen molar-refractivity contribution in [3.05, 3.63) is 12.4 Å². The molecule has 1 amide bonds. The number of nitrogens with zero attached hydrogens (tertiary/aromatic N) is 4. The van der Waals surface area contributed by atoms with Crippen LogP contribution in [0.4, 0.5) is 11.6 Å². The molecule has 2 N–H and O–H groups in total. The van der Waals surface area contributed by atoms with E-state index in [1.54, 1.807) is 11.9 Å². The summed E-state index contributed by atoms with van der Waals surface area (Å²) < 4.78 is 0. The fourth-order valence-corrected chi connectivity index (χ4v) is 2.41. The number of carbonyl (C=O) groups is 1. The van der Waals surface area contributed by atoms with Crippen molar-refractivity contribution in [2.45, 2.75) is 18.9 Å². The van der Waals surface area contributed by atoms with Gasteiger partial charge in [-0.2, -0.15) is 0 Å². The Balaban J connectivity index is 2.13. The Labute approximate surface area is 118 Å². The van der Waals surface area contributed by atoms with Gasteiger partial charge in [-0.05, 0) is 12.8 Å². The Morgan fingerprint density at radius 2 is 2.40 bits per heavy atom. The van der Waals surface area contributed by atoms with Crippen molar-refractivity contribution >= 4 is 17.5 Å². The fourth-order valence-electron chi connectivity index (χ4n) is 2.41. The van der Waals surface area contributed by atoms with E-state index in [0.29, 0.717) is 5.82 Å². The van der Waals surface area contributed by atoms with Crippen molar-refractivity contribution in [3.8, 4) is 0 Å². The van der Waals surface area contributed by atoms with E-state index in [1.807, 2.05) is 13.1 Å². The average Bonchev–Trinajstić information content (AvgIpc) is 2.95. The molecule has 1 unspecified atom stereocenters. The highest BCUT2D eigenvalue weighted by Gasteiger charge is 2.25. The normalized spacial score (nSPS) is 18.1. The van der Waals surface area contributed by atoms with Crippen molar-refractivity contribution in [3.63, 3.8) is 0 Å². The average molecular weight is 279 g/mol. The molecule has 0 aliphatic carbocycles. The maximum atomic E-state index is 11.4. The van der Waals surface area contributed by atoms with E-state index in [-0.39, 0.29) is 25.1 Å². The lowest BCUT2D eigenvalue weighted by atomic mass is 10.2. The van der Waals surface area contributed by atoms with Gasteiger partial charge in [0.1, 0.15) is 18.0 Å². The Hall–Kier alpha value is -1.89. The maximum absolute atomic E-state index is 11.4. The predicted molar refractivity (Wildman–Crippen MR) is 76.8 cm³/mol. The van der Waals surface area contributed by atoms with Gasteiger partial charge >= 0.3 is 0 Å². The highest BCUT2D eigenvalue weighted by molar-refractivity contribution is 5.80. The second-order valence-corrected chi connectivity index (χ2v) is 4.94. The first-order chi connectivity index (χ1) is 9.65. The molecule has 7 nitrogen and oxygen atoms in total. The van der Waals surface area contributed by atoms with E-state index in [9.17, 15) is 9.90 Å². The number of aliphatic hydroxyl groups is 1. The number of nitrogens with one attached hydrogen (secondary N) is 1. The molecular weight excluding hydrogens is 258 g/mol. The molecule has 2 rings (SSSR count). The number of aromatic nitrogens is 2. The van der Waals surface area contributed by atoms with Gasteiger partial charge in [0.15, 0.2) is 0 Å². The first-order valence-electron chi connectivity index (χ1n) is 6.77. The molecule has 2 heterocycles. The van der Waals surface area contributed by atoms with Gasteiger partial charge in [-0.25, -0.2) is 9.97 Å². The summed E-state index contributed by atoms with van der Waals surface area (Å²) in [6.07, 6.45) is 3.53. The van der Waals surface area contributed by atoms with Crippen LogP contribution in [0.5, 0.6) is 0 Å². The van der Waals surface area contributed by atoms with Crippen LogP contribution in [0.2, 0.25) is 0 Å². The van der Waals surface area contributed by atoms with Gasteiger partial charge in [-0.3, -0.25) is 4.79 Å². The first kappa shape index (κ1) is 14.5. The minimum Gasteiger partial charge on any atom is -0.394 e. The topological polar surface area (TPSA) is 81.6 Å². The zero-order valence-corrected chi connectivity index (χ0v) is 11.9. The van der Waals surface area contributed by atoms with E-state index in [1.165, 1.54) is 6.33 Å². The van der Waals surface area contributed by atoms with Crippen LogP contribution in [0, 0.1) is 0 Å². The highest BCUT2D eigenvalue weighted by Crippen LogP contribution is 2.25. The van der Waals surface area contributed by atoms with Crippen LogP contribution in [-0.2, 0) is 4.79 Å². The molecule has 7 heteroatoms. The number of amides is 1. The summed E-state index contributed by atoms with van der Waals surface area (Å²) in [6.45, 7) is 1.27. The van der Waals surface area contributed by atoms with Gasteiger partial charge in [-0.1, -0.05) is 0 Å². The van der Waals surface area contributed by atoms with Gasteiger partial charge in [0, 0.05) is 26.7 Å². The minimum absolute atomic E-state index is 0.0675. The molecule has 0 bridgehead atoms. The molecule has 1 aromatic rings. The second-order valence-electron chi connectivity index (χ2n) is 4.94. The summed E-state index contributed by atoms with van der Waals surface area (Å²) in [5, 5.41) is 12.0. The molecule has 0 saturated carbocycles. The molecule has 0 spiro atoms. The molecule has 1 aromatic heterocycles. The molecule has 1 saturated heterocycles. The number of carbonyl (C=O) groups excluding carboxylic acids is 1. The van der Waals surface area contributed by atoms with Crippen molar-refractivity contribution in [2.24, 2.45) is 0 Å². The fraction of sp³-hybridized carbons (Fsp3) is 0.615. The van der Waals surface area contributed by atoms with E-state index >= 15 is 0 Å². The lowest BCUT2D eigenvalue weighted by Gasteiger charge is -2.25. The zero-order valence-electron chi connectivity index (χ0n) is 11.9. The van der Waals surface area contributed by atoms with Gasteiger partial charge in [0.2, 0.25) is 5.91 Å². The van der Waals surface area contributed by atoms with Gasteiger partial charge in [0.25, 0.3) is 0 Å². The third kappa shape index (κ3) is 3.16. The minimum atomic E-state index is -0.0675. The molecule has 110 valence electrons. The lowest BCUT2D eigenvalue weighted by molar-refractivity contribution is -0.119. The first-order valence-corrected chi connectivity index (χ1v) is 6.77. The molecule has 1 aliphatic rings. The molecule has 20 heavy (non-hydrogen) atoms. The summed E-state index contributed by atoms with van der Waals surface area (Å²) in [6, 6.07) is 1.98. The van der Waals surface area contributed by atoms with Crippen LogP contribution in [0.3, 0.4) is 0 Å². The van der Waals surface area contributed by atoms with E-state index in [4.69, 9.17) is 0 Å². The predicted octanol–water partition coefficient (Wildman–Crippen LogP) is -0.380. The maximum Gasteiger partial charge on any atom is 0.239 e. The Kier molecular flexibility index (Phi) is 4.73. The standard InChI is InChI=1S/C13H21N5O2/c1-14-13(20)7-17(2)11-6-12(16-9-15-11)18-5-3-4-10(18)8-19/h6,9-10,19H,3-5,7-8H2,1-2H3,(H,14,20). The van der Waals surface area contributed by atoms with Crippen LogP contribution in [0.1, 0.15) is 12.8 Å². The van der Waals surface area contributed by atoms with Gasteiger partial charge in [0.05, 0.1) is 19.2 Å². The van der Waals surface area contributed by atoms with Gasteiger partial charge < -0.3 is 20.2 Å². The Bertz CT molecular complexity index is 468. The molecule has 1 aliphatic heterocycles. The van der Waals surface area contributed by atoms with Crippen molar-refractivity contribution in [2.75, 3.05) is 43.6 Å². The van der Waals surface area contributed by atoms with Crippen molar-refractivity contribution in [1.29, 1.82) is 0 Å². The Morgan fingerprint density at radius 1 is 1.60 bits per heavy atom. The summed E-state index contributed by atoms with van der Waals surface area (Å²) in [4.78, 5) is 23.7. The van der Waals surface area contributed by atoms with E-state index in [2.05, 4.69) is 20.2 Å². The second kappa shape index (κ2) is 6.51. The van der Waals surface area contributed by atoms with Crippen molar-refractivity contribution in [1.82, 2.24) is 15.3 Å². The quantitative estimate of drug-likeness (QED) is 0.764. The number of hydrogen-bond donors (Lipinski definition) is 2. The van der Waals surface area contributed by atoms with Crippen LogP contribution >= 0.6 is 0 Å². The van der Waals surface area contributed by atoms with Crippen LogP contribution in [0.15, 0.2) is 12.4 Å². The summed E-state index contributed by atoms with van der Waals surface area (Å²) in [5.41, 5.74) is 0. The van der Waals surface area contributed by atoms with Crippen LogP contribution in [0.25, 0.3) is 0 Å². The lowest BCUT2D eigenvalue weighted by Crippen LogP contribution is -2.35.